The predicted molar refractivity (Wildman–Crippen MR) is 81.7 cm³/mol. The van der Waals surface area contributed by atoms with Gasteiger partial charge in [-0.05, 0) is 31.0 Å². The van der Waals surface area contributed by atoms with E-state index in [0.717, 1.165) is 17.8 Å². The summed E-state index contributed by atoms with van der Waals surface area (Å²) in [4.78, 5) is 18.1. The van der Waals surface area contributed by atoms with Gasteiger partial charge < -0.3 is 9.64 Å². The molecular weight excluding hydrogens is 285 g/mol. The Bertz CT molecular complexity index is 727. The average molecular weight is 303 g/mol. The third-order valence-electron chi connectivity index (χ3n) is 4.06. The minimum absolute atomic E-state index is 0.245. The Morgan fingerprint density at radius 3 is 2.82 bits per heavy atom. The molecule has 5 nitrogen and oxygen atoms in total. The van der Waals surface area contributed by atoms with Crippen molar-refractivity contribution in [2.75, 3.05) is 11.9 Å². The molecule has 6 heteroatoms. The normalized spacial score (nSPS) is 17.2. The molecule has 0 aliphatic carbocycles. The first-order valence-electron chi connectivity index (χ1n) is 7.26. The van der Waals surface area contributed by atoms with Crippen LogP contribution in [0.4, 0.5) is 10.2 Å². The first-order valence-corrected chi connectivity index (χ1v) is 7.26. The number of rotatable bonds is 3. The van der Waals surface area contributed by atoms with E-state index in [4.69, 9.17) is 4.74 Å². The van der Waals surface area contributed by atoms with E-state index in [1.165, 1.54) is 12.1 Å². The molecule has 0 saturated heterocycles. The van der Waals surface area contributed by atoms with Gasteiger partial charge in [-0.2, -0.15) is 4.98 Å². The summed E-state index contributed by atoms with van der Waals surface area (Å²) in [5.41, 5.74) is 0.521. The zero-order chi connectivity index (χ0) is 15.7. The fraction of sp³-hybridized carbons (Fsp3) is 0.375. The Hall–Kier alpha value is -2.37. The average Bonchev–Trinajstić information content (AvgIpc) is 2.51. The van der Waals surface area contributed by atoms with Gasteiger partial charge in [-0.3, -0.25) is 4.57 Å². The second kappa shape index (κ2) is 5.79. The minimum atomic E-state index is -0.301. The SMILES string of the molecule is C[C@@H]1CCn2c(cc(OCc3ccc(F)cc3)nc2=O)N1C. The molecular formula is C16H18FN3O2. The van der Waals surface area contributed by atoms with Gasteiger partial charge in [0.05, 0.1) is 0 Å². The van der Waals surface area contributed by atoms with Crippen molar-refractivity contribution in [3.8, 4) is 5.88 Å². The Morgan fingerprint density at radius 1 is 1.36 bits per heavy atom. The number of hydrogen-bond donors (Lipinski definition) is 0. The van der Waals surface area contributed by atoms with E-state index in [-0.39, 0.29) is 18.1 Å². The molecule has 22 heavy (non-hydrogen) atoms. The summed E-state index contributed by atoms with van der Waals surface area (Å²) in [7, 11) is 1.96. The lowest BCUT2D eigenvalue weighted by Gasteiger charge is -2.34. The Morgan fingerprint density at radius 2 is 2.09 bits per heavy atom. The number of fused-ring (bicyclic) bond motifs is 1. The highest BCUT2D eigenvalue weighted by atomic mass is 19.1. The zero-order valence-corrected chi connectivity index (χ0v) is 12.6. The molecule has 0 bridgehead atoms. The van der Waals surface area contributed by atoms with E-state index < -0.39 is 0 Å². The molecule has 0 amide bonds. The van der Waals surface area contributed by atoms with E-state index in [1.54, 1.807) is 22.8 Å². The standard InChI is InChI=1S/C16H18FN3O2/c1-11-7-8-20-15(19(11)2)9-14(18-16(20)21)22-10-12-3-5-13(17)6-4-12/h3-6,9,11H,7-8,10H2,1-2H3/t11-/m1/s1. The van der Waals surface area contributed by atoms with Crippen LogP contribution in [-0.2, 0) is 13.2 Å². The number of halogens is 1. The quantitative estimate of drug-likeness (QED) is 0.872. The second-order valence-electron chi connectivity index (χ2n) is 5.55. The molecule has 0 fully saturated rings. The largest absolute Gasteiger partial charge is 0.473 e. The fourth-order valence-corrected chi connectivity index (χ4v) is 2.52. The number of aromatic nitrogens is 2. The van der Waals surface area contributed by atoms with Crippen LogP contribution in [0.3, 0.4) is 0 Å². The van der Waals surface area contributed by atoms with Gasteiger partial charge in [-0.1, -0.05) is 12.1 Å². The number of benzene rings is 1. The van der Waals surface area contributed by atoms with Crippen molar-refractivity contribution in [1.29, 1.82) is 0 Å². The number of nitrogens with zero attached hydrogens (tertiary/aromatic N) is 3. The molecule has 0 radical (unpaired) electrons. The number of hydrogen-bond acceptors (Lipinski definition) is 4. The van der Waals surface area contributed by atoms with Crippen LogP contribution in [0.2, 0.25) is 0 Å². The van der Waals surface area contributed by atoms with Crippen molar-refractivity contribution in [2.24, 2.45) is 0 Å². The van der Waals surface area contributed by atoms with Crippen LogP contribution in [0.5, 0.6) is 5.88 Å². The van der Waals surface area contributed by atoms with Crippen LogP contribution in [0, 0.1) is 5.82 Å². The zero-order valence-electron chi connectivity index (χ0n) is 12.6. The van der Waals surface area contributed by atoms with Crippen molar-refractivity contribution in [3.05, 3.63) is 52.2 Å². The van der Waals surface area contributed by atoms with Gasteiger partial charge in [-0.15, -0.1) is 0 Å². The van der Waals surface area contributed by atoms with Crippen LogP contribution in [0.25, 0.3) is 0 Å². The molecule has 0 spiro atoms. The van der Waals surface area contributed by atoms with E-state index in [9.17, 15) is 9.18 Å². The van der Waals surface area contributed by atoms with E-state index in [1.807, 2.05) is 7.05 Å². The molecule has 2 heterocycles. The molecule has 0 N–H and O–H groups in total. The molecule has 1 aromatic carbocycles. The van der Waals surface area contributed by atoms with Gasteiger partial charge in [0.1, 0.15) is 18.2 Å². The van der Waals surface area contributed by atoms with E-state index in [0.29, 0.717) is 18.5 Å². The lowest BCUT2D eigenvalue weighted by atomic mass is 10.1. The van der Waals surface area contributed by atoms with Crippen LogP contribution < -0.4 is 15.3 Å². The lowest BCUT2D eigenvalue weighted by molar-refractivity contribution is 0.289. The summed E-state index contributed by atoms with van der Waals surface area (Å²) in [6.45, 7) is 3.04. The summed E-state index contributed by atoms with van der Waals surface area (Å²) in [5, 5.41) is 0. The summed E-state index contributed by atoms with van der Waals surface area (Å²) in [6.07, 6.45) is 0.918. The monoisotopic (exact) mass is 303 g/mol. The van der Waals surface area contributed by atoms with E-state index >= 15 is 0 Å². The van der Waals surface area contributed by atoms with Gasteiger partial charge in [0.25, 0.3) is 0 Å². The van der Waals surface area contributed by atoms with Gasteiger partial charge in [0.15, 0.2) is 0 Å². The highest BCUT2D eigenvalue weighted by molar-refractivity contribution is 5.43. The highest BCUT2D eigenvalue weighted by Crippen LogP contribution is 2.24. The van der Waals surface area contributed by atoms with Gasteiger partial charge in [0, 0.05) is 25.7 Å². The topological polar surface area (TPSA) is 47.4 Å². The van der Waals surface area contributed by atoms with Crippen molar-refractivity contribution in [3.63, 3.8) is 0 Å². The summed E-state index contributed by atoms with van der Waals surface area (Å²) >= 11 is 0. The molecule has 1 aromatic heterocycles. The van der Waals surface area contributed by atoms with Gasteiger partial charge in [0.2, 0.25) is 5.88 Å². The molecule has 1 aliphatic heterocycles. The summed E-state index contributed by atoms with van der Waals surface area (Å²) in [5.74, 6) is 0.818. The molecule has 2 aromatic rings. The van der Waals surface area contributed by atoms with Gasteiger partial charge in [-0.25, -0.2) is 9.18 Å². The van der Waals surface area contributed by atoms with Crippen LogP contribution in [0.1, 0.15) is 18.9 Å². The minimum Gasteiger partial charge on any atom is -0.473 e. The number of ether oxygens (including phenoxy) is 1. The van der Waals surface area contributed by atoms with E-state index in [2.05, 4.69) is 16.8 Å². The fourth-order valence-electron chi connectivity index (χ4n) is 2.52. The molecule has 116 valence electrons. The number of anilines is 1. The first kappa shape index (κ1) is 14.6. The Kier molecular flexibility index (Phi) is 3.83. The highest BCUT2D eigenvalue weighted by Gasteiger charge is 2.22. The molecule has 1 aliphatic rings. The molecule has 0 unspecified atom stereocenters. The Balaban J connectivity index is 1.82. The third kappa shape index (κ3) is 2.81. The van der Waals surface area contributed by atoms with Crippen LogP contribution in [-0.4, -0.2) is 22.6 Å². The van der Waals surface area contributed by atoms with Crippen molar-refractivity contribution < 1.29 is 9.13 Å². The predicted octanol–water partition coefficient (Wildman–Crippen LogP) is 2.19. The van der Waals surface area contributed by atoms with Gasteiger partial charge >= 0.3 is 5.69 Å². The second-order valence-corrected chi connectivity index (χ2v) is 5.55. The third-order valence-corrected chi connectivity index (χ3v) is 4.06. The lowest BCUT2D eigenvalue weighted by Crippen LogP contribution is -2.41. The molecule has 0 saturated carbocycles. The molecule has 3 rings (SSSR count). The van der Waals surface area contributed by atoms with Crippen LogP contribution in [0.15, 0.2) is 35.1 Å². The van der Waals surface area contributed by atoms with Crippen LogP contribution >= 0.6 is 0 Å². The maximum absolute atomic E-state index is 12.9. The summed E-state index contributed by atoms with van der Waals surface area (Å²) < 4.78 is 20.1. The summed E-state index contributed by atoms with van der Waals surface area (Å²) in [6, 6.07) is 8.20. The Labute approximate surface area is 128 Å². The first-order chi connectivity index (χ1) is 10.5. The maximum Gasteiger partial charge on any atom is 0.352 e. The maximum atomic E-state index is 12.9. The van der Waals surface area contributed by atoms with Crippen molar-refractivity contribution in [2.45, 2.75) is 32.5 Å². The van der Waals surface area contributed by atoms with Crippen molar-refractivity contribution in [1.82, 2.24) is 9.55 Å². The smallest absolute Gasteiger partial charge is 0.352 e. The molecule has 1 atom stereocenters. The van der Waals surface area contributed by atoms with Crippen molar-refractivity contribution >= 4 is 5.82 Å².